The maximum Gasteiger partial charge on any atom is 0.331 e. The van der Waals surface area contributed by atoms with Crippen molar-refractivity contribution in [3.8, 4) is 0 Å². The maximum atomic E-state index is 13.1. The summed E-state index contributed by atoms with van der Waals surface area (Å²) in [5, 5.41) is 4.90. The highest BCUT2D eigenvalue weighted by atomic mass is 32.2. The number of hydrogen-bond acceptors (Lipinski definition) is 6. The molecule has 0 aliphatic rings. The molecule has 3 aromatic carbocycles. The van der Waals surface area contributed by atoms with E-state index in [1.807, 2.05) is 87.5 Å². The third-order valence-electron chi connectivity index (χ3n) is 5.46. The first-order chi connectivity index (χ1) is 16.4. The summed E-state index contributed by atoms with van der Waals surface area (Å²) in [5.74, 6) is -0.171. The number of hydrogen-bond donors (Lipinski definition) is 0. The van der Waals surface area contributed by atoms with Gasteiger partial charge in [0.05, 0.1) is 5.71 Å². The van der Waals surface area contributed by atoms with Crippen LogP contribution in [0.15, 0.2) is 86.1 Å². The second-order valence-electron chi connectivity index (χ2n) is 8.01. The van der Waals surface area contributed by atoms with Crippen LogP contribution in [0.2, 0.25) is 0 Å². The number of rotatable bonds is 7. The van der Waals surface area contributed by atoms with E-state index in [0.29, 0.717) is 23.5 Å². The summed E-state index contributed by atoms with van der Waals surface area (Å²) in [6, 6.07) is 21.4. The third-order valence-corrected chi connectivity index (χ3v) is 6.47. The number of carbonyl (C=O) groups is 2. The average molecular weight is 472 g/mol. The molecule has 0 unspecified atom stereocenters. The van der Waals surface area contributed by atoms with Gasteiger partial charge in [0.2, 0.25) is 5.78 Å². The number of ketones is 1. The fourth-order valence-electron chi connectivity index (χ4n) is 3.65. The summed E-state index contributed by atoms with van der Waals surface area (Å²) in [6.07, 6.45) is 0.652. The Balaban J connectivity index is 1.48. The molecule has 0 saturated heterocycles. The zero-order chi connectivity index (χ0) is 24.2. The standard InChI is InChI=1S/C28H25NO4S/c1-5-25(29-33-19(4)30)20-7-11-22(12-8-20)34-23-13-9-21(10-14-23)27(31)28-18(3)24-16-17(2)6-15-26(24)32-28/h6-16H,5H2,1-4H3/b29-25+. The van der Waals surface area contributed by atoms with Crippen LogP contribution in [0.1, 0.15) is 53.1 Å². The first kappa shape index (κ1) is 23.5. The zero-order valence-electron chi connectivity index (χ0n) is 19.5. The van der Waals surface area contributed by atoms with Gasteiger partial charge in [0.15, 0.2) is 5.76 Å². The molecule has 0 atom stereocenters. The SMILES string of the molecule is CC/C(=N\OC(C)=O)c1ccc(Sc2ccc(C(=O)c3oc4ccc(C)cc4c3C)cc2)cc1. The molecule has 0 spiro atoms. The number of fused-ring (bicyclic) bond motifs is 1. The lowest BCUT2D eigenvalue weighted by atomic mass is 10.0. The second kappa shape index (κ2) is 10.1. The molecule has 0 radical (unpaired) electrons. The van der Waals surface area contributed by atoms with Gasteiger partial charge in [0, 0.05) is 33.2 Å². The molecule has 172 valence electrons. The van der Waals surface area contributed by atoms with Gasteiger partial charge in [0.1, 0.15) is 5.58 Å². The van der Waals surface area contributed by atoms with Crippen LogP contribution in [0, 0.1) is 13.8 Å². The second-order valence-corrected chi connectivity index (χ2v) is 9.16. The van der Waals surface area contributed by atoms with Gasteiger partial charge in [-0.05, 0) is 74.4 Å². The van der Waals surface area contributed by atoms with Crippen molar-refractivity contribution in [3.05, 3.63) is 94.7 Å². The molecule has 0 amide bonds. The van der Waals surface area contributed by atoms with Crippen LogP contribution in [0.25, 0.3) is 11.0 Å². The first-order valence-corrected chi connectivity index (χ1v) is 11.8. The van der Waals surface area contributed by atoms with Crippen LogP contribution in [0.5, 0.6) is 0 Å². The van der Waals surface area contributed by atoms with Gasteiger partial charge in [-0.15, -0.1) is 0 Å². The Morgan fingerprint density at radius 3 is 2.12 bits per heavy atom. The normalized spacial score (nSPS) is 11.6. The van der Waals surface area contributed by atoms with Gasteiger partial charge >= 0.3 is 5.97 Å². The van der Waals surface area contributed by atoms with Crippen molar-refractivity contribution in [1.82, 2.24) is 0 Å². The lowest BCUT2D eigenvalue weighted by Crippen LogP contribution is -2.02. The molecule has 6 heteroatoms. The number of carbonyl (C=O) groups excluding carboxylic acids is 2. The highest BCUT2D eigenvalue weighted by Crippen LogP contribution is 2.31. The summed E-state index contributed by atoms with van der Waals surface area (Å²) in [5.41, 5.74) is 4.94. The van der Waals surface area contributed by atoms with Crippen molar-refractivity contribution in [2.24, 2.45) is 5.16 Å². The molecule has 0 saturated carbocycles. The Hall–Kier alpha value is -3.64. The number of benzene rings is 3. The van der Waals surface area contributed by atoms with Crippen molar-refractivity contribution in [3.63, 3.8) is 0 Å². The lowest BCUT2D eigenvalue weighted by molar-refractivity contribution is -0.140. The summed E-state index contributed by atoms with van der Waals surface area (Å²) >= 11 is 1.60. The van der Waals surface area contributed by atoms with E-state index in [0.717, 1.165) is 37.5 Å². The minimum atomic E-state index is -0.439. The van der Waals surface area contributed by atoms with Gasteiger partial charge in [-0.3, -0.25) is 4.79 Å². The fourth-order valence-corrected chi connectivity index (χ4v) is 4.47. The lowest BCUT2D eigenvalue weighted by Gasteiger charge is -2.06. The summed E-state index contributed by atoms with van der Waals surface area (Å²) < 4.78 is 5.87. The molecule has 34 heavy (non-hydrogen) atoms. The molecule has 4 rings (SSSR count). The molecular weight excluding hydrogens is 446 g/mol. The summed E-state index contributed by atoms with van der Waals surface area (Å²) in [7, 11) is 0. The summed E-state index contributed by atoms with van der Waals surface area (Å²) in [6.45, 7) is 7.24. The number of furan rings is 1. The molecule has 1 aromatic heterocycles. The van der Waals surface area contributed by atoms with E-state index in [1.54, 1.807) is 11.8 Å². The fraction of sp³-hybridized carbons (Fsp3) is 0.179. The van der Waals surface area contributed by atoms with E-state index in [1.165, 1.54) is 6.92 Å². The predicted octanol–water partition coefficient (Wildman–Crippen LogP) is 7.11. The maximum absolute atomic E-state index is 13.1. The smallest absolute Gasteiger partial charge is 0.331 e. The Labute approximate surface area is 202 Å². The molecule has 0 fully saturated rings. The molecular formula is C28H25NO4S. The zero-order valence-corrected chi connectivity index (χ0v) is 20.4. The van der Waals surface area contributed by atoms with Gasteiger partial charge in [-0.1, -0.05) is 47.6 Å². The Bertz CT molecular complexity index is 1380. The average Bonchev–Trinajstić information content (AvgIpc) is 3.16. The van der Waals surface area contributed by atoms with Crippen molar-refractivity contribution in [2.45, 2.75) is 43.9 Å². The van der Waals surface area contributed by atoms with Crippen LogP contribution in [-0.4, -0.2) is 17.5 Å². The van der Waals surface area contributed by atoms with E-state index in [-0.39, 0.29) is 5.78 Å². The molecule has 1 heterocycles. The van der Waals surface area contributed by atoms with Crippen molar-refractivity contribution >= 4 is 40.2 Å². The monoisotopic (exact) mass is 471 g/mol. The molecule has 0 N–H and O–H groups in total. The summed E-state index contributed by atoms with van der Waals surface area (Å²) in [4.78, 5) is 30.9. The Morgan fingerprint density at radius 2 is 1.53 bits per heavy atom. The minimum absolute atomic E-state index is 0.119. The number of aryl methyl sites for hydroxylation is 2. The topological polar surface area (TPSA) is 68.9 Å². The van der Waals surface area contributed by atoms with E-state index >= 15 is 0 Å². The van der Waals surface area contributed by atoms with Gasteiger partial charge < -0.3 is 9.25 Å². The van der Waals surface area contributed by atoms with Crippen molar-refractivity contribution < 1.29 is 18.8 Å². The van der Waals surface area contributed by atoms with Gasteiger partial charge in [-0.25, -0.2) is 4.79 Å². The number of oxime groups is 1. The van der Waals surface area contributed by atoms with Crippen LogP contribution < -0.4 is 0 Å². The van der Waals surface area contributed by atoms with Crippen LogP contribution in [0.4, 0.5) is 0 Å². The Kier molecular flexibility index (Phi) is 6.98. The largest absolute Gasteiger partial charge is 0.452 e. The van der Waals surface area contributed by atoms with Gasteiger partial charge in [-0.2, -0.15) is 0 Å². The first-order valence-electron chi connectivity index (χ1n) is 11.0. The quantitative estimate of drug-likeness (QED) is 0.124. The Morgan fingerprint density at radius 1 is 0.912 bits per heavy atom. The van der Waals surface area contributed by atoms with Crippen molar-refractivity contribution in [1.29, 1.82) is 0 Å². The predicted molar refractivity (Wildman–Crippen MR) is 135 cm³/mol. The molecule has 4 aromatic rings. The molecule has 0 aliphatic carbocycles. The van der Waals surface area contributed by atoms with E-state index in [4.69, 9.17) is 9.25 Å². The van der Waals surface area contributed by atoms with Crippen LogP contribution >= 0.6 is 11.8 Å². The van der Waals surface area contributed by atoms with Crippen LogP contribution in [-0.2, 0) is 9.63 Å². The van der Waals surface area contributed by atoms with Crippen LogP contribution in [0.3, 0.4) is 0 Å². The molecule has 0 aliphatic heterocycles. The van der Waals surface area contributed by atoms with E-state index in [9.17, 15) is 9.59 Å². The highest BCUT2D eigenvalue weighted by Gasteiger charge is 2.19. The molecule has 0 bridgehead atoms. The van der Waals surface area contributed by atoms with E-state index < -0.39 is 5.97 Å². The molecule has 5 nitrogen and oxygen atoms in total. The third kappa shape index (κ3) is 5.13. The van der Waals surface area contributed by atoms with Crippen molar-refractivity contribution in [2.75, 3.05) is 0 Å². The number of nitrogens with zero attached hydrogens (tertiary/aromatic N) is 1. The van der Waals surface area contributed by atoms with E-state index in [2.05, 4.69) is 5.16 Å². The van der Waals surface area contributed by atoms with Gasteiger partial charge in [0.25, 0.3) is 0 Å². The minimum Gasteiger partial charge on any atom is -0.452 e. The highest BCUT2D eigenvalue weighted by molar-refractivity contribution is 7.99.